The summed E-state index contributed by atoms with van der Waals surface area (Å²) < 4.78 is 5.67. The van der Waals surface area contributed by atoms with Crippen molar-refractivity contribution in [1.82, 2.24) is 0 Å². The van der Waals surface area contributed by atoms with Crippen molar-refractivity contribution in [3.05, 3.63) is 63.7 Å². The fraction of sp³-hybridized carbons (Fsp3) is 0.333. The van der Waals surface area contributed by atoms with Crippen molar-refractivity contribution < 1.29 is 9.53 Å². The topological polar surface area (TPSA) is 65.4 Å². The van der Waals surface area contributed by atoms with Crippen molar-refractivity contribution in [3.63, 3.8) is 0 Å². The molecule has 0 bridgehead atoms. The van der Waals surface area contributed by atoms with Gasteiger partial charge in [0.2, 0.25) is 0 Å². The third kappa shape index (κ3) is 5.07. The Morgan fingerprint density at radius 3 is 2.64 bits per heavy atom. The zero-order valence-corrected chi connectivity index (χ0v) is 20.8. The second-order valence-corrected chi connectivity index (χ2v) is 9.26. The van der Waals surface area contributed by atoms with Crippen LogP contribution >= 0.6 is 11.6 Å². The number of benzene rings is 2. The number of halogens is 1. The van der Waals surface area contributed by atoms with E-state index in [-0.39, 0.29) is 11.1 Å². The highest BCUT2D eigenvalue weighted by molar-refractivity contribution is 6.31. The van der Waals surface area contributed by atoms with E-state index in [2.05, 4.69) is 44.0 Å². The molecule has 2 aromatic carbocycles. The van der Waals surface area contributed by atoms with Gasteiger partial charge in [-0.25, -0.2) is 0 Å². The van der Waals surface area contributed by atoms with Gasteiger partial charge in [0.05, 0.1) is 12.6 Å². The first-order chi connectivity index (χ1) is 15.6. The predicted octanol–water partition coefficient (Wildman–Crippen LogP) is 6.61. The molecule has 1 amide bonds. The Morgan fingerprint density at radius 2 is 2.00 bits per heavy atom. The summed E-state index contributed by atoms with van der Waals surface area (Å²) >= 11 is 6.06. The van der Waals surface area contributed by atoms with Crippen LogP contribution in [-0.2, 0) is 4.79 Å². The molecule has 1 N–H and O–H groups in total. The number of ether oxygens (including phenoxy) is 1. The quantitative estimate of drug-likeness (QED) is 0.386. The largest absolute Gasteiger partial charge is 0.496 e. The molecule has 0 radical (unpaired) electrons. The molecule has 2 aromatic rings. The van der Waals surface area contributed by atoms with Crippen molar-refractivity contribution in [3.8, 4) is 11.8 Å². The maximum atomic E-state index is 12.9. The number of nitriles is 1. The highest BCUT2D eigenvalue weighted by Gasteiger charge is 2.31. The van der Waals surface area contributed by atoms with Gasteiger partial charge in [0, 0.05) is 40.1 Å². The molecule has 1 aliphatic heterocycles. The van der Waals surface area contributed by atoms with Crippen molar-refractivity contribution in [2.45, 2.75) is 46.6 Å². The number of aryl methyl sites for hydroxylation is 1. The van der Waals surface area contributed by atoms with E-state index in [4.69, 9.17) is 16.3 Å². The van der Waals surface area contributed by atoms with Gasteiger partial charge in [0.15, 0.2) is 0 Å². The first-order valence-corrected chi connectivity index (χ1v) is 11.4. The Kier molecular flexibility index (Phi) is 7.19. The van der Waals surface area contributed by atoms with Crippen LogP contribution < -0.4 is 15.0 Å². The Labute approximate surface area is 201 Å². The zero-order valence-electron chi connectivity index (χ0n) is 20.0. The number of rotatable bonds is 6. The SMILES string of the molecule is CCCN1c2cc(OC)c(/C=C(\C#N)C(=O)Nc3cc(Cl)ccc3C)cc2C(C)=CC1(C)C. The van der Waals surface area contributed by atoms with Gasteiger partial charge in [0.25, 0.3) is 5.91 Å². The summed E-state index contributed by atoms with van der Waals surface area (Å²) in [6.45, 7) is 11.4. The van der Waals surface area contributed by atoms with E-state index in [0.717, 1.165) is 35.4 Å². The lowest BCUT2D eigenvalue weighted by Crippen LogP contribution is -2.45. The summed E-state index contributed by atoms with van der Waals surface area (Å²) in [4.78, 5) is 15.2. The number of anilines is 2. The number of carbonyl (C=O) groups excluding carboxylic acids is 1. The van der Waals surface area contributed by atoms with E-state index in [9.17, 15) is 10.1 Å². The second kappa shape index (κ2) is 9.72. The first-order valence-electron chi connectivity index (χ1n) is 11.0. The lowest BCUT2D eigenvalue weighted by atomic mass is 9.87. The van der Waals surface area contributed by atoms with Gasteiger partial charge < -0.3 is 15.0 Å². The maximum Gasteiger partial charge on any atom is 0.266 e. The number of nitrogens with zero attached hydrogens (tertiary/aromatic N) is 2. The van der Waals surface area contributed by atoms with E-state index in [1.54, 1.807) is 25.3 Å². The van der Waals surface area contributed by atoms with Gasteiger partial charge in [-0.15, -0.1) is 0 Å². The molecule has 5 nitrogen and oxygen atoms in total. The van der Waals surface area contributed by atoms with E-state index >= 15 is 0 Å². The molecule has 0 spiro atoms. The van der Waals surface area contributed by atoms with E-state index in [1.807, 2.05) is 31.2 Å². The monoisotopic (exact) mass is 463 g/mol. The van der Waals surface area contributed by atoms with E-state index in [0.29, 0.717) is 22.0 Å². The molecule has 33 heavy (non-hydrogen) atoms. The van der Waals surface area contributed by atoms with Crippen molar-refractivity contribution in [1.29, 1.82) is 5.26 Å². The second-order valence-electron chi connectivity index (χ2n) is 8.83. The molecule has 0 aromatic heterocycles. The lowest BCUT2D eigenvalue weighted by Gasteiger charge is -2.43. The van der Waals surface area contributed by atoms with Crippen molar-refractivity contribution in [2.75, 3.05) is 23.9 Å². The van der Waals surface area contributed by atoms with Crippen LogP contribution in [0.2, 0.25) is 5.02 Å². The van der Waals surface area contributed by atoms with Crippen molar-refractivity contribution in [2.24, 2.45) is 0 Å². The average Bonchev–Trinajstić information content (AvgIpc) is 2.76. The van der Waals surface area contributed by atoms with Crippen LogP contribution in [0.4, 0.5) is 11.4 Å². The number of amides is 1. The van der Waals surface area contributed by atoms with Crippen LogP contribution in [0.25, 0.3) is 11.6 Å². The van der Waals surface area contributed by atoms with E-state index < -0.39 is 5.91 Å². The van der Waals surface area contributed by atoms with Gasteiger partial charge in [-0.1, -0.05) is 30.7 Å². The van der Waals surface area contributed by atoms with Gasteiger partial charge in [0.1, 0.15) is 17.4 Å². The lowest BCUT2D eigenvalue weighted by molar-refractivity contribution is -0.112. The van der Waals surface area contributed by atoms with Gasteiger partial charge in [-0.3, -0.25) is 4.79 Å². The van der Waals surface area contributed by atoms with Crippen LogP contribution in [-0.4, -0.2) is 25.1 Å². The normalized spacial score (nSPS) is 14.8. The van der Waals surface area contributed by atoms with Crippen LogP contribution in [0.3, 0.4) is 0 Å². The number of allylic oxidation sites excluding steroid dienone is 1. The molecule has 0 saturated carbocycles. The molecular formula is C27H30ClN3O2. The molecule has 0 atom stereocenters. The number of nitrogens with one attached hydrogen (secondary N) is 1. The van der Waals surface area contributed by atoms with Crippen LogP contribution in [0.5, 0.6) is 5.75 Å². The zero-order chi connectivity index (χ0) is 24.3. The Balaban J connectivity index is 2.05. The average molecular weight is 464 g/mol. The molecule has 1 aliphatic rings. The predicted molar refractivity (Wildman–Crippen MR) is 137 cm³/mol. The fourth-order valence-electron chi connectivity index (χ4n) is 4.27. The minimum Gasteiger partial charge on any atom is -0.496 e. The summed E-state index contributed by atoms with van der Waals surface area (Å²) in [6, 6.07) is 11.3. The molecule has 0 saturated heterocycles. The first kappa shape index (κ1) is 24.4. The van der Waals surface area contributed by atoms with Crippen LogP contribution in [0.15, 0.2) is 42.0 Å². The minimum absolute atomic E-state index is 0.0178. The Hall–Kier alpha value is -3.23. The molecule has 0 unspecified atom stereocenters. The Morgan fingerprint density at radius 1 is 1.27 bits per heavy atom. The number of carbonyl (C=O) groups is 1. The van der Waals surface area contributed by atoms with Gasteiger partial charge in [-0.2, -0.15) is 5.26 Å². The summed E-state index contributed by atoms with van der Waals surface area (Å²) in [5.74, 6) is 0.114. The van der Waals surface area contributed by atoms with Gasteiger partial charge >= 0.3 is 0 Å². The standard InChI is InChI=1S/C27H30ClN3O2/c1-7-10-31-24-14-25(33-6)19(12-22(24)18(3)15-27(31,4)5)11-20(16-29)26(32)30-23-13-21(28)9-8-17(23)2/h8-9,11-15H,7,10H2,1-6H3,(H,30,32)/b20-11+. The highest BCUT2D eigenvalue weighted by Crippen LogP contribution is 2.42. The number of methoxy groups -OCH3 is 1. The number of fused-ring (bicyclic) bond motifs is 1. The summed E-state index contributed by atoms with van der Waals surface area (Å²) in [7, 11) is 1.60. The van der Waals surface area contributed by atoms with Crippen LogP contribution in [0.1, 0.15) is 50.8 Å². The smallest absolute Gasteiger partial charge is 0.266 e. The highest BCUT2D eigenvalue weighted by atomic mass is 35.5. The fourth-order valence-corrected chi connectivity index (χ4v) is 4.44. The summed E-state index contributed by atoms with van der Waals surface area (Å²) in [5.41, 5.74) is 5.27. The van der Waals surface area contributed by atoms with Gasteiger partial charge in [-0.05, 0) is 69.5 Å². The molecule has 6 heteroatoms. The molecular weight excluding hydrogens is 434 g/mol. The summed E-state index contributed by atoms with van der Waals surface area (Å²) in [6.07, 6.45) is 4.84. The third-order valence-corrected chi connectivity index (χ3v) is 6.12. The third-order valence-electron chi connectivity index (χ3n) is 5.89. The number of hydrogen-bond donors (Lipinski definition) is 1. The van der Waals surface area contributed by atoms with E-state index in [1.165, 1.54) is 0 Å². The van der Waals surface area contributed by atoms with Crippen LogP contribution in [0, 0.1) is 18.3 Å². The van der Waals surface area contributed by atoms with Crippen molar-refractivity contribution >= 4 is 40.5 Å². The molecule has 1 heterocycles. The molecule has 0 fully saturated rings. The summed E-state index contributed by atoms with van der Waals surface area (Å²) in [5, 5.41) is 13.0. The Bertz CT molecular complexity index is 1190. The minimum atomic E-state index is -0.497. The maximum absolute atomic E-state index is 12.9. The molecule has 0 aliphatic carbocycles. The molecule has 172 valence electrons. The number of hydrogen-bond acceptors (Lipinski definition) is 4. The molecule has 3 rings (SSSR count).